The van der Waals surface area contributed by atoms with Crippen LogP contribution in [-0.4, -0.2) is 34.5 Å². The molecule has 0 atom stereocenters. The third-order valence-corrected chi connectivity index (χ3v) is 5.13. The van der Waals surface area contributed by atoms with E-state index in [-0.39, 0.29) is 28.7 Å². The number of non-ortho nitro benzene ring substituents is 2. The highest BCUT2D eigenvalue weighted by Gasteiger charge is 2.22. The van der Waals surface area contributed by atoms with E-state index in [9.17, 15) is 29.8 Å². The number of hydrogen-bond donors (Lipinski definition) is 1. The van der Waals surface area contributed by atoms with Gasteiger partial charge in [-0.05, 0) is 48.9 Å². The number of ether oxygens (including phenoxy) is 2. The topological polar surface area (TPSA) is 163 Å². The molecule has 1 amide bonds. The lowest BCUT2D eigenvalue weighted by Crippen LogP contribution is -2.18. The highest BCUT2D eigenvalue weighted by atomic mass is 35.5. The van der Waals surface area contributed by atoms with Gasteiger partial charge in [0, 0.05) is 17.2 Å². The molecule has 190 valence electrons. The Labute approximate surface area is 218 Å². The van der Waals surface area contributed by atoms with Crippen LogP contribution >= 0.6 is 23.2 Å². The van der Waals surface area contributed by atoms with Crippen LogP contribution in [0.1, 0.15) is 33.2 Å². The molecule has 0 bridgehead atoms. The van der Waals surface area contributed by atoms with Crippen molar-refractivity contribution in [3.8, 4) is 11.5 Å². The van der Waals surface area contributed by atoms with E-state index in [1.165, 1.54) is 42.6 Å². The Morgan fingerprint density at radius 1 is 0.973 bits per heavy atom. The number of benzene rings is 3. The zero-order chi connectivity index (χ0) is 27.1. The standard InChI is InChI=1S/C23H16Cl2N4O8/c1-2-36-21-7-13(12-26-27-22(30)18-5-4-15(24)10-19(18)25)3-6-20(21)37-23(31)14-8-16(28(32)33)11-17(9-14)29(34)35/h3-12H,2H2,1H3,(H,27,30)/b26-12+. The van der Waals surface area contributed by atoms with Crippen molar-refractivity contribution in [1.29, 1.82) is 0 Å². The Bertz CT molecular complexity index is 1400. The van der Waals surface area contributed by atoms with Crippen LogP contribution in [0.5, 0.6) is 11.5 Å². The molecule has 0 saturated heterocycles. The molecule has 3 aromatic carbocycles. The number of carbonyl (C=O) groups excluding carboxylic acids is 2. The Hall–Kier alpha value is -4.55. The van der Waals surface area contributed by atoms with Gasteiger partial charge in [-0.1, -0.05) is 23.2 Å². The number of hydrogen-bond acceptors (Lipinski definition) is 9. The zero-order valence-corrected chi connectivity index (χ0v) is 20.4. The molecular formula is C23H16Cl2N4O8. The van der Waals surface area contributed by atoms with Crippen LogP contribution in [0.15, 0.2) is 59.7 Å². The number of nitro benzene ring substituents is 2. The smallest absolute Gasteiger partial charge is 0.344 e. The molecule has 0 spiro atoms. The minimum atomic E-state index is -1.07. The molecule has 0 unspecified atom stereocenters. The number of carbonyl (C=O) groups is 2. The normalized spacial score (nSPS) is 10.7. The quantitative estimate of drug-likeness (QED) is 0.126. The third kappa shape index (κ3) is 6.99. The van der Waals surface area contributed by atoms with Crippen LogP contribution in [-0.2, 0) is 0 Å². The molecular weight excluding hydrogens is 531 g/mol. The summed E-state index contributed by atoms with van der Waals surface area (Å²) in [4.78, 5) is 45.3. The molecule has 0 aromatic heterocycles. The molecule has 1 N–H and O–H groups in total. The number of hydrazone groups is 1. The van der Waals surface area contributed by atoms with E-state index < -0.39 is 38.7 Å². The molecule has 0 aliphatic rings. The predicted molar refractivity (Wildman–Crippen MR) is 134 cm³/mol. The second-order valence-electron chi connectivity index (χ2n) is 7.10. The lowest BCUT2D eigenvalue weighted by atomic mass is 10.1. The average molecular weight is 547 g/mol. The highest BCUT2D eigenvalue weighted by molar-refractivity contribution is 6.36. The van der Waals surface area contributed by atoms with Crippen molar-refractivity contribution in [3.05, 3.63) is 102 Å². The van der Waals surface area contributed by atoms with E-state index >= 15 is 0 Å². The Balaban J connectivity index is 1.79. The van der Waals surface area contributed by atoms with Gasteiger partial charge in [0.1, 0.15) is 0 Å². The molecule has 0 aliphatic carbocycles. The summed E-state index contributed by atoms with van der Waals surface area (Å²) in [7, 11) is 0. The van der Waals surface area contributed by atoms with E-state index in [1.807, 2.05) is 0 Å². The van der Waals surface area contributed by atoms with Gasteiger partial charge in [-0.25, -0.2) is 10.2 Å². The number of halogens is 2. The number of esters is 1. The van der Waals surface area contributed by atoms with Crippen molar-refractivity contribution in [2.45, 2.75) is 6.92 Å². The Kier molecular flexibility index (Phi) is 8.72. The first-order valence-corrected chi connectivity index (χ1v) is 11.1. The first kappa shape index (κ1) is 27.0. The van der Waals surface area contributed by atoms with E-state index in [2.05, 4.69) is 10.5 Å². The molecule has 0 saturated carbocycles. The van der Waals surface area contributed by atoms with Crippen molar-refractivity contribution in [2.24, 2.45) is 5.10 Å². The van der Waals surface area contributed by atoms with Crippen LogP contribution in [0.3, 0.4) is 0 Å². The van der Waals surface area contributed by atoms with Gasteiger partial charge in [-0.3, -0.25) is 25.0 Å². The summed E-state index contributed by atoms with van der Waals surface area (Å²) in [6, 6.07) is 11.2. The van der Waals surface area contributed by atoms with Crippen molar-refractivity contribution >= 4 is 52.7 Å². The molecule has 0 fully saturated rings. The van der Waals surface area contributed by atoms with Gasteiger partial charge in [0.25, 0.3) is 17.3 Å². The molecule has 0 heterocycles. The lowest BCUT2D eigenvalue weighted by Gasteiger charge is -2.11. The van der Waals surface area contributed by atoms with Gasteiger partial charge in [0.15, 0.2) is 11.5 Å². The SMILES string of the molecule is CCOc1cc(/C=N/NC(=O)c2ccc(Cl)cc2Cl)ccc1OC(=O)c1cc([N+](=O)[O-])cc([N+](=O)[O-])c1. The molecule has 37 heavy (non-hydrogen) atoms. The second kappa shape index (κ2) is 11.9. The first-order valence-electron chi connectivity index (χ1n) is 10.3. The third-order valence-electron chi connectivity index (χ3n) is 4.59. The van der Waals surface area contributed by atoms with Crippen molar-refractivity contribution in [3.63, 3.8) is 0 Å². The predicted octanol–water partition coefficient (Wildman–Crippen LogP) is 5.19. The van der Waals surface area contributed by atoms with E-state index in [0.717, 1.165) is 18.2 Å². The van der Waals surface area contributed by atoms with Crippen LogP contribution in [0.4, 0.5) is 11.4 Å². The van der Waals surface area contributed by atoms with E-state index in [1.54, 1.807) is 6.92 Å². The molecule has 0 aliphatic heterocycles. The van der Waals surface area contributed by atoms with Crippen LogP contribution in [0.25, 0.3) is 0 Å². The first-order chi connectivity index (χ1) is 17.6. The zero-order valence-electron chi connectivity index (χ0n) is 18.8. The highest BCUT2D eigenvalue weighted by Crippen LogP contribution is 2.30. The van der Waals surface area contributed by atoms with Crippen LogP contribution in [0.2, 0.25) is 10.0 Å². The maximum absolute atomic E-state index is 12.6. The Morgan fingerprint density at radius 2 is 1.65 bits per heavy atom. The molecule has 14 heteroatoms. The number of nitro groups is 2. The fourth-order valence-electron chi connectivity index (χ4n) is 2.94. The van der Waals surface area contributed by atoms with Gasteiger partial charge in [-0.15, -0.1) is 0 Å². The van der Waals surface area contributed by atoms with Crippen LogP contribution in [0, 0.1) is 20.2 Å². The monoisotopic (exact) mass is 546 g/mol. The molecule has 12 nitrogen and oxygen atoms in total. The van der Waals surface area contributed by atoms with Gasteiger partial charge < -0.3 is 9.47 Å². The molecule has 3 aromatic rings. The second-order valence-corrected chi connectivity index (χ2v) is 7.95. The summed E-state index contributed by atoms with van der Waals surface area (Å²) in [6.07, 6.45) is 1.31. The number of nitrogens with zero attached hydrogens (tertiary/aromatic N) is 3. The largest absolute Gasteiger partial charge is 0.490 e. The summed E-state index contributed by atoms with van der Waals surface area (Å²) in [6.45, 7) is 1.88. The maximum atomic E-state index is 12.6. The minimum Gasteiger partial charge on any atom is -0.490 e. The summed E-state index contributed by atoms with van der Waals surface area (Å²) in [5.74, 6) is -1.57. The summed E-state index contributed by atoms with van der Waals surface area (Å²) in [5, 5.41) is 26.6. The van der Waals surface area contributed by atoms with Gasteiger partial charge in [0.05, 0.1) is 44.9 Å². The average Bonchev–Trinajstić information content (AvgIpc) is 2.85. The fourth-order valence-corrected chi connectivity index (χ4v) is 3.43. The van der Waals surface area contributed by atoms with Gasteiger partial charge in [0.2, 0.25) is 0 Å². The maximum Gasteiger partial charge on any atom is 0.344 e. The van der Waals surface area contributed by atoms with Crippen molar-refractivity contribution in [2.75, 3.05) is 6.61 Å². The van der Waals surface area contributed by atoms with Crippen molar-refractivity contribution < 1.29 is 28.9 Å². The molecule has 0 radical (unpaired) electrons. The van der Waals surface area contributed by atoms with E-state index in [4.69, 9.17) is 32.7 Å². The summed E-state index contributed by atoms with van der Waals surface area (Å²) >= 11 is 11.8. The Morgan fingerprint density at radius 3 is 2.24 bits per heavy atom. The number of rotatable bonds is 9. The lowest BCUT2D eigenvalue weighted by molar-refractivity contribution is -0.394. The van der Waals surface area contributed by atoms with Gasteiger partial charge >= 0.3 is 5.97 Å². The number of amides is 1. The van der Waals surface area contributed by atoms with E-state index in [0.29, 0.717) is 10.6 Å². The number of nitrogens with one attached hydrogen (secondary N) is 1. The minimum absolute atomic E-state index is 0.0462. The summed E-state index contributed by atoms with van der Waals surface area (Å²) in [5.41, 5.74) is 1.28. The fraction of sp³-hybridized carbons (Fsp3) is 0.0870. The van der Waals surface area contributed by atoms with Crippen LogP contribution < -0.4 is 14.9 Å². The molecule has 3 rings (SSSR count). The van der Waals surface area contributed by atoms with Crippen molar-refractivity contribution in [1.82, 2.24) is 5.43 Å². The summed E-state index contributed by atoms with van der Waals surface area (Å²) < 4.78 is 10.8. The van der Waals surface area contributed by atoms with Gasteiger partial charge in [-0.2, -0.15) is 5.10 Å².